The topological polar surface area (TPSA) is 60.2 Å². The van der Waals surface area contributed by atoms with E-state index in [1.165, 1.54) is 15.3 Å². The van der Waals surface area contributed by atoms with Crippen LogP contribution in [0, 0.1) is 12.3 Å². The van der Waals surface area contributed by atoms with E-state index >= 15 is 0 Å². The highest BCUT2D eigenvalue weighted by Gasteiger charge is 2.35. The van der Waals surface area contributed by atoms with E-state index in [1.54, 1.807) is 31.4 Å². The lowest BCUT2D eigenvalue weighted by Crippen LogP contribution is -2.44. The van der Waals surface area contributed by atoms with Crippen molar-refractivity contribution >= 4 is 40.3 Å². The van der Waals surface area contributed by atoms with E-state index in [2.05, 4.69) is 38.0 Å². The molecular weight excluding hydrogens is 444 g/mol. The van der Waals surface area contributed by atoms with Gasteiger partial charge in [0.1, 0.15) is 11.3 Å². The SMILES string of the molecule is [2H]C([2H])([2H])C([2H])([2H])Oc1cc(C(=O)N2CCC3(C=c4sc(C(C)(C)C)nc4=CC3)CC2)cc2c(C)nn(C)c12. The first-order valence-corrected chi connectivity index (χ1v) is 12.5. The summed E-state index contributed by atoms with van der Waals surface area (Å²) < 4.78 is 46.8. The fourth-order valence-electron chi connectivity index (χ4n) is 5.04. The zero-order valence-corrected chi connectivity index (χ0v) is 21.2. The van der Waals surface area contributed by atoms with Crippen LogP contribution in [0.2, 0.25) is 0 Å². The summed E-state index contributed by atoms with van der Waals surface area (Å²) in [5, 5.41) is 7.21. The fourth-order valence-corrected chi connectivity index (χ4v) is 6.24. The van der Waals surface area contributed by atoms with Crippen molar-refractivity contribution in [3.63, 3.8) is 0 Å². The van der Waals surface area contributed by atoms with Gasteiger partial charge >= 0.3 is 0 Å². The number of piperidine rings is 1. The summed E-state index contributed by atoms with van der Waals surface area (Å²) in [6.45, 7) is 3.54. The van der Waals surface area contributed by atoms with Gasteiger partial charge in [0, 0.05) is 40.6 Å². The molecule has 3 aromatic rings. The second-order valence-corrected chi connectivity index (χ2v) is 11.5. The number of carbonyl (C=O) groups is 1. The normalized spacial score (nSPS) is 20.4. The first-order chi connectivity index (χ1) is 18.0. The van der Waals surface area contributed by atoms with Crippen LogP contribution in [0.5, 0.6) is 5.75 Å². The molecule has 1 spiro atoms. The van der Waals surface area contributed by atoms with Gasteiger partial charge in [0.25, 0.3) is 5.91 Å². The second kappa shape index (κ2) is 8.22. The Kier molecular flexibility index (Phi) is 4.29. The molecule has 0 radical (unpaired) electrons. The fraction of sp³-hybridized carbons (Fsp3) is 0.519. The van der Waals surface area contributed by atoms with Crippen molar-refractivity contribution in [2.24, 2.45) is 12.5 Å². The minimum atomic E-state index is -3.01. The number of likely N-dealkylation sites (tertiary alicyclic amines) is 1. The molecule has 6 nitrogen and oxygen atoms in total. The van der Waals surface area contributed by atoms with Gasteiger partial charge in [0.05, 0.1) is 29.9 Å². The van der Waals surface area contributed by atoms with E-state index in [4.69, 9.17) is 16.6 Å². The molecule has 1 amide bonds. The number of amides is 1. The number of rotatable bonds is 3. The van der Waals surface area contributed by atoms with Crippen molar-refractivity contribution < 1.29 is 16.4 Å². The van der Waals surface area contributed by atoms with Gasteiger partial charge in [-0.3, -0.25) is 9.48 Å². The van der Waals surface area contributed by atoms with Crippen molar-refractivity contribution in [2.75, 3.05) is 19.6 Å². The maximum Gasteiger partial charge on any atom is 0.254 e. The first-order valence-electron chi connectivity index (χ1n) is 14.2. The van der Waals surface area contributed by atoms with Crippen LogP contribution in [0.3, 0.4) is 0 Å². The number of nitrogens with zero attached hydrogens (tertiary/aromatic N) is 4. The number of fused-ring (bicyclic) bond motifs is 2. The molecular formula is C27H34N4O2S. The molecule has 180 valence electrons. The van der Waals surface area contributed by atoms with Crippen LogP contribution in [0.4, 0.5) is 0 Å². The summed E-state index contributed by atoms with van der Waals surface area (Å²) in [7, 11) is 1.68. The quantitative estimate of drug-likeness (QED) is 0.567. The molecule has 1 saturated heterocycles. The monoisotopic (exact) mass is 483 g/mol. The average Bonchev–Trinajstić information content (AvgIpc) is 3.38. The van der Waals surface area contributed by atoms with E-state index in [1.807, 2.05) is 4.90 Å². The van der Waals surface area contributed by atoms with E-state index in [9.17, 15) is 4.79 Å². The summed E-state index contributed by atoms with van der Waals surface area (Å²) in [5.41, 5.74) is 1.41. The molecule has 34 heavy (non-hydrogen) atoms. The lowest BCUT2D eigenvalue weighted by Gasteiger charge is -2.40. The Morgan fingerprint density at radius 1 is 1.32 bits per heavy atom. The Morgan fingerprint density at radius 3 is 2.79 bits per heavy atom. The predicted octanol–water partition coefficient (Wildman–Crippen LogP) is 3.92. The highest BCUT2D eigenvalue weighted by molar-refractivity contribution is 7.09. The second-order valence-electron chi connectivity index (χ2n) is 10.5. The molecule has 2 aliphatic rings. The molecule has 7 heteroatoms. The summed E-state index contributed by atoms with van der Waals surface area (Å²) >= 11 is 1.75. The number of ether oxygens (including phenoxy) is 1. The number of aryl methyl sites for hydroxylation is 2. The largest absolute Gasteiger partial charge is 0.492 e. The van der Waals surface area contributed by atoms with Crippen molar-refractivity contribution in [1.29, 1.82) is 0 Å². The lowest BCUT2D eigenvalue weighted by molar-refractivity contribution is 0.0657. The minimum Gasteiger partial charge on any atom is -0.492 e. The maximum atomic E-state index is 13.7. The van der Waals surface area contributed by atoms with Crippen LogP contribution >= 0.6 is 11.3 Å². The molecule has 1 fully saturated rings. The Labute approximate surface area is 212 Å². The van der Waals surface area contributed by atoms with Gasteiger partial charge < -0.3 is 9.64 Å². The van der Waals surface area contributed by atoms with Gasteiger partial charge in [-0.15, -0.1) is 11.3 Å². The van der Waals surface area contributed by atoms with E-state index < -0.39 is 13.4 Å². The molecule has 2 aromatic heterocycles. The molecule has 0 unspecified atom stereocenters. The van der Waals surface area contributed by atoms with Crippen molar-refractivity contribution in [3.05, 3.63) is 38.3 Å². The molecule has 1 aliphatic carbocycles. The highest BCUT2D eigenvalue weighted by Crippen LogP contribution is 2.39. The predicted molar refractivity (Wildman–Crippen MR) is 138 cm³/mol. The van der Waals surface area contributed by atoms with E-state index in [0.717, 1.165) is 29.6 Å². The third-order valence-corrected chi connectivity index (χ3v) is 8.45. The molecule has 1 aliphatic heterocycles. The summed E-state index contributed by atoms with van der Waals surface area (Å²) in [5.74, 6) is -0.210. The van der Waals surface area contributed by atoms with Gasteiger partial charge in [0.2, 0.25) is 0 Å². The Balaban J connectivity index is 1.41. The van der Waals surface area contributed by atoms with Gasteiger partial charge in [-0.25, -0.2) is 4.98 Å². The van der Waals surface area contributed by atoms with Crippen LogP contribution in [0.1, 0.15) is 74.8 Å². The molecule has 0 N–H and O–H groups in total. The lowest BCUT2D eigenvalue weighted by atomic mass is 9.74. The number of carbonyl (C=O) groups excluding carboxylic acids is 1. The Hall–Kier alpha value is -2.67. The van der Waals surface area contributed by atoms with Crippen molar-refractivity contribution in [2.45, 2.75) is 59.2 Å². The Bertz CT molecular complexity index is 1570. The van der Waals surface area contributed by atoms with Crippen LogP contribution in [-0.2, 0) is 12.5 Å². The zero-order valence-electron chi connectivity index (χ0n) is 25.4. The molecule has 0 bridgehead atoms. The first kappa shape index (κ1) is 17.7. The molecule has 1 aromatic carbocycles. The van der Waals surface area contributed by atoms with Gasteiger partial charge in [0.15, 0.2) is 0 Å². The van der Waals surface area contributed by atoms with Crippen molar-refractivity contribution in [1.82, 2.24) is 19.7 Å². The van der Waals surface area contributed by atoms with Crippen LogP contribution in [0.25, 0.3) is 23.1 Å². The van der Waals surface area contributed by atoms with Crippen LogP contribution < -0.4 is 14.6 Å². The summed E-state index contributed by atoms with van der Waals surface area (Å²) in [4.78, 5) is 20.3. The smallest absolute Gasteiger partial charge is 0.254 e. The van der Waals surface area contributed by atoms with Crippen LogP contribution in [0.15, 0.2) is 12.1 Å². The molecule has 3 heterocycles. The number of benzene rings is 1. The highest BCUT2D eigenvalue weighted by atomic mass is 32.1. The third-order valence-electron chi connectivity index (χ3n) is 7.00. The van der Waals surface area contributed by atoms with Gasteiger partial charge in [-0.05, 0) is 50.6 Å². The van der Waals surface area contributed by atoms with Crippen LogP contribution in [-0.4, -0.2) is 45.2 Å². The average molecular weight is 484 g/mol. The number of thiazole rings is 1. The molecule has 0 saturated carbocycles. The summed E-state index contributed by atoms with van der Waals surface area (Å²) in [6.07, 6.45) is 7.16. The molecule has 5 rings (SSSR count). The third kappa shape index (κ3) is 3.94. The summed E-state index contributed by atoms with van der Waals surface area (Å²) in [6, 6.07) is 3.18. The number of hydrogen-bond donors (Lipinski definition) is 0. The standard InChI is InChI=1S/C27H34N4O2S/c1-7-33-21-15-18(14-19-17(2)29-30(6)23(19)21)24(32)31-12-10-27(11-13-31)9-8-20-22(16-27)34-25(28-20)26(3,4)5/h8,14-16H,7,9-13H2,1-6H3/i1D3,7D2. The maximum absolute atomic E-state index is 13.7. The molecule has 0 atom stereocenters. The number of aromatic nitrogens is 3. The van der Waals surface area contributed by atoms with E-state index in [0.29, 0.717) is 35.2 Å². The minimum absolute atomic E-state index is 0.000614. The Morgan fingerprint density at radius 2 is 2.09 bits per heavy atom. The van der Waals surface area contributed by atoms with Gasteiger partial charge in [-0.2, -0.15) is 5.10 Å². The van der Waals surface area contributed by atoms with Gasteiger partial charge in [-0.1, -0.05) is 32.9 Å². The van der Waals surface area contributed by atoms with Crippen molar-refractivity contribution in [3.8, 4) is 5.75 Å². The number of hydrogen-bond acceptors (Lipinski definition) is 5. The van der Waals surface area contributed by atoms with E-state index in [-0.39, 0.29) is 22.5 Å². The zero-order chi connectivity index (χ0) is 28.5.